The van der Waals surface area contributed by atoms with E-state index in [4.69, 9.17) is 10.2 Å². The van der Waals surface area contributed by atoms with Gasteiger partial charge in [0, 0.05) is 37.7 Å². The average Bonchev–Trinajstić information content (AvgIpc) is 2.37. The van der Waals surface area contributed by atoms with Crippen molar-refractivity contribution in [2.45, 2.75) is 6.10 Å². The van der Waals surface area contributed by atoms with Crippen LogP contribution in [0, 0.1) is 0 Å². The molecule has 0 saturated carbocycles. The lowest BCUT2D eigenvalue weighted by atomic mass is 10.4. The highest BCUT2D eigenvalue weighted by Crippen LogP contribution is 2.07. The number of carboxylic acid groups (broad SMARTS) is 1. The van der Waals surface area contributed by atoms with Crippen LogP contribution < -0.4 is 10.6 Å². The van der Waals surface area contributed by atoms with Gasteiger partial charge in [-0.05, 0) is 0 Å². The van der Waals surface area contributed by atoms with Crippen molar-refractivity contribution in [1.82, 2.24) is 15.5 Å². The molecule has 1 aliphatic rings. The fourth-order valence-electron chi connectivity index (χ4n) is 1.49. The van der Waals surface area contributed by atoms with Crippen LogP contribution in [0.3, 0.4) is 0 Å². The lowest BCUT2D eigenvalue weighted by molar-refractivity contribution is -0.146. The third-order valence-electron chi connectivity index (χ3n) is 2.56. The zero-order chi connectivity index (χ0) is 13.4. The number of carboxylic acids is 1. The van der Waals surface area contributed by atoms with E-state index in [-0.39, 0.29) is 6.54 Å². The summed E-state index contributed by atoms with van der Waals surface area (Å²) in [4.78, 5) is 23.8. The summed E-state index contributed by atoms with van der Waals surface area (Å²) in [5, 5.41) is 22.3. The first-order valence-corrected chi connectivity index (χ1v) is 6.97. The molecule has 2 amide bonds. The van der Waals surface area contributed by atoms with E-state index in [2.05, 4.69) is 15.5 Å². The topological polar surface area (TPSA) is 102 Å². The van der Waals surface area contributed by atoms with Gasteiger partial charge in [0.15, 0.2) is 6.10 Å². The Bertz CT molecular complexity index is 284. The number of carbonyl (C=O) groups is 2. The Balaban J connectivity index is 2.04. The lowest BCUT2D eigenvalue weighted by Crippen LogP contribution is -2.45. The van der Waals surface area contributed by atoms with E-state index in [0.717, 1.165) is 31.1 Å². The van der Waals surface area contributed by atoms with Crippen LogP contribution in [0.4, 0.5) is 4.79 Å². The summed E-state index contributed by atoms with van der Waals surface area (Å²) in [7, 11) is 0. The van der Waals surface area contributed by atoms with Gasteiger partial charge in [-0.3, -0.25) is 4.90 Å². The number of nitrogens with zero attached hydrogens (tertiary/aromatic N) is 1. The number of nitrogens with one attached hydrogen (secondary N) is 2. The Hall–Kier alpha value is -0.990. The molecule has 0 aliphatic carbocycles. The van der Waals surface area contributed by atoms with Gasteiger partial charge in [0.25, 0.3) is 0 Å². The molecule has 0 aromatic rings. The smallest absolute Gasteiger partial charge is 0.334 e. The van der Waals surface area contributed by atoms with Crippen molar-refractivity contribution in [3.8, 4) is 0 Å². The molecule has 18 heavy (non-hydrogen) atoms. The molecule has 1 rings (SSSR count). The van der Waals surface area contributed by atoms with Crippen LogP contribution in [-0.4, -0.2) is 77.4 Å². The Kier molecular flexibility index (Phi) is 6.84. The molecule has 8 heteroatoms. The van der Waals surface area contributed by atoms with E-state index in [0.29, 0.717) is 6.54 Å². The number of carbonyl (C=O) groups excluding carboxylic acids is 1. The van der Waals surface area contributed by atoms with Gasteiger partial charge >= 0.3 is 12.0 Å². The quantitative estimate of drug-likeness (QED) is 0.485. The van der Waals surface area contributed by atoms with Crippen LogP contribution in [0.1, 0.15) is 0 Å². The monoisotopic (exact) mass is 277 g/mol. The van der Waals surface area contributed by atoms with Crippen molar-refractivity contribution >= 4 is 23.8 Å². The minimum absolute atomic E-state index is 0.290. The molecule has 1 aliphatic heterocycles. The summed E-state index contributed by atoms with van der Waals surface area (Å²) in [6, 6.07) is -0.457. The molecule has 4 N–H and O–H groups in total. The maximum atomic E-state index is 11.3. The molecule has 1 saturated heterocycles. The van der Waals surface area contributed by atoms with Gasteiger partial charge in [0.05, 0.1) is 6.54 Å². The van der Waals surface area contributed by atoms with E-state index >= 15 is 0 Å². The molecule has 0 radical (unpaired) electrons. The van der Waals surface area contributed by atoms with Crippen molar-refractivity contribution in [1.29, 1.82) is 0 Å². The third kappa shape index (κ3) is 6.08. The Morgan fingerprint density at radius 3 is 2.56 bits per heavy atom. The summed E-state index contributed by atoms with van der Waals surface area (Å²) < 4.78 is 0. The molecule has 0 bridgehead atoms. The van der Waals surface area contributed by atoms with E-state index in [1.165, 1.54) is 0 Å². The number of hydrogen-bond acceptors (Lipinski definition) is 5. The van der Waals surface area contributed by atoms with E-state index in [1.807, 2.05) is 11.8 Å². The summed E-state index contributed by atoms with van der Waals surface area (Å²) in [6.45, 7) is 3.08. The summed E-state index contributed by atoms with van der Waals surface area (Å²) in [6.07, 6.45) is -1.56. The Morgan fingerprint density at radius 1 is 1.28 bits per heavy atom. The Labute approximate surface area is 110 Å². The van der Waals surface area contributed by atoms with Crippen LogP contribution in [-0.2, 0) is 4.79 Å². The first-order valence-electron chi connectivity index (χ1n) is 5.82. The van der Waals surface area contributed by atoms with Gasteiger partial charge in [-0.1, -0.05) is 0 Å². The van der Waals surface area contributed by atoms with Crippen LogP contribution in [0.2, 0.25) is 0 Å². The second kappa shape index (κ2) is 8.17. The van der Waals surface area contributed by atoms with E-state index in [1.54, 1.807) is 0 Å². The van der Waals surface area contributed by atoms with Gasteiger partial charge in [-0.15, -0.1) is 0 Å². The van der Waals surface area contributed by atoms with Gasteiger partial charge in [-0.25, -0.2) is 9.59 Å². The predicted molar refractivity (Wildman–Crippen MR) is 68.8 cm³/mol. The number of hydrogen-bond donors (Lipinski definition) is 4. The molecule has 0 aromatic heterocycles. The first-order chi connectivity index (χ1) is 8.59. The number of aliphatic carboxylic acids is 1. The first kappa shape index (κ1) is 15.1. The molecular weight excluding hydrogens is 258 g/mol. The standard InChI is InChI=1S/C10H19N3O4S/c14-8(9(15)16)7-12-10(17)11-1-2-13-3-5-18-6-4-13/h8,14H,1-7H2,(H,15,16)(H2,11,12,17)/t8-/m0/s1. The minimum Gasteiger partial charge on any atom is -0.479 e. The molecule has 0 unspecified atom stereocenters. The molecule has 1 atom stereocenters. The number of amides is 2. The van der Waals surface area contributed by atoms with Crippen molar-refractivity contribution in [3.05, 3.63) is 0 Å². The number of rotatable bonds is 6. The highest BCUT2D eigenvalue weighted by Gasteiger charge is 2.14. The lowest BCUT2D eigenvalue weighted by Gasteiger charge is -2.26. The van der Waals surface area contributed by atoms with Crippen molar-refractivity contribution in [2.24, 2.45) is 0 Å². The molecule has 0 spiro atoms. The van der Waals surface area contributed by atoms with Crippen LogP contribution >= 0.6 is 11.8 Å². The largest absolute Gasteiger partial charge is 0.479 e. The molecule has 7 nitrogen and oxygen atoms in total. The maximum Gasteiger partial charge on any atom is 0.334 e. The zero-order valence-electron chi connectivity index (χ0n) is 10.1. The highest BCUT2D eigenvalue weighted by atomic mass is 32.2. The van der Waals surface area contributed by atoms with E-state index < -0.39 is 18.1 Å². The fraction of sp³-hybridized carbons (Fsp3) is 0.800. The Morgan fingerprint density at radius 2 is 1.94 bits per heavy atom. The number of urea groups is 1. The SMILES string of the molecule is O=C(NCCN1CCSCC1)NC[C@H](O)C(=O)O. The van der Waals surface area contributed by atoms with Crippen LogP contribution in [0.5, 0.6) is 0 Å². The van der Waals surface area contributed by atoms with Crippen LogP contribution in [0.15, 0.2) is 0 Å². The van der Waals surface area contributed by atoms with Crippen molar-refractivity contribution in [2.75, 3.05) is 44.2 Å². The second-order valence-corrected chi connectivity index (χ2v) is 5.17. The highest BCUT2D eigenvalue weighted by molar-refractivity contribution is 7.99. The average molecular weight is 277 g/mol. The minimum atomic E-state index is -1.56. The van der Waals surface area contributed by atoms with Crippen molar-refractivity contribution < 1.29 is 19.8 Å². The van der Waals surface area contributed by atoms with E-state index in [9.17, 15) is 9.59 Å². The normalized spacial score (nSPS) is 18.1. The van der Waals surface area contributed by atoms with Gasteiger partial charge in [0.2, 0.25) is 0 Å². The van der Waals surface area contributed by atoms with Gasteiger partial charge in [0.1, 0.15) is 0 Å². The van der Waals surface area contributed by atoms with Gasteiger partial charge < -0.3 is 20.8 Å². The van der Waals surface area contributed by atoms with Crippen LogP contribution in [0.25, 0.3) is 0 Å². The fourth-order valence-corrected chi connectivity index (χ4v) is 2.47. The summed E-state index contributed by atoms with van der Waals surface area (Å²) in [5.74, 6) is 0.898. The van der Waals surface area contributed by atoms with Crippen molar-refractivity contribution in [3.63, 3.8) is 0 Å². The number of aliphatic hydroxyl groups is 1. The molecular formula is C10H19N3O4S. The maximum absolute atomic E-state index is 11.3. The molecule has 1 heterocycles. The van der Waals surface area contributed by atoms with Gasteiger partial charge in [-0.2, -0.15) is 11.8 Å². The predicted octanol–water partition coefficient (Wildman–Crippen LogP) is -1.22. The number of aliphatic hydroxyl groups excluding tert-OH is 1. The second-order valence-electron chi connectivity index (χ2n) is 3.94. The summed E-state index contributed by atoms with van der Waals surface area (Å²) >= 11 is 1.93. The summed E-state index contributed by atoms with van der Waals surface area (Å²) in [5.41, 5.74) is 0. The molecule has 0 aromatic carbocycles. The molecule has 104 valence electrons. The number of thioether (sulfide) groups is 1. The molecule has 1 fully saturated rings. The zero-order valence-corrected chi connectivity index (χ0v) is 10.9. The third-order valence-corrected chi connectivity index (χ3v) is 3.50.